The van der Waals surface area contributed by atoms with E-state index in [1.54, 1.807) is 12.4 Å². The second kappa shape index (κ2) is 5.90. The van der Waals surface area contributed by atoms with E-state index in [4.69, 9.17) is 10.5 Å². The van der Waals surface area contributed by atoms with E-state index < -0.39 is 0 Å². The van der Waals surface area contributed by atoms with Crippen molar-refractivity contribution in [2.45, 2.75) is 38.2 Å². The summed E-state index contributed by atoms with van der Waals surface area (Å²) in [6.45, 7) is 0. The number of nitrogens with two attached hydrogens (primary N) is 1. The van der Waals surface area contributed by atoms with Crippen LogP contribution in [0.25, 0.3) is 11.1 Å². The van der Waals surface area contributed by atoms with Gasteiger partial charge in [-0.3, -0.25) is 0 Å². The first kappa shape index (κ1) is 12.9. The van der Waals surface area contributed by atoms with Crippen molar-refractivity contribution in [1.29, 1.82) is 0 Å². The van der Waals surface area contributed by atoms with Crippen LogP contribution in [0.2, 0.25) is 0 Å². The minimum atomic E-state index is 0.283. The maximum Gasteiger partial charge on any atom is 0.316 e. The van der Waals surface area contributed by atoms with Gasteiger partial charge in [-0.15, -0.1) is 0 Å². The van der Waals surface area contributed by atoms with Crippen molar-refractivity contribution in [2.24, 2.45) is 0 Å². The van der Waals surface area contributed by atoms with Crippen LogP contribution in [0.15, 0.2) is 36.7 Å². The van der Waals surface area contributed by atoms with E-state index in [0.717, 1.165) is 29.7 Å². The lowest BCUT2D eigenvalue weighted by Crippen LogP contribution is -2.20. The summed E-state index contributed by atoms with van der Waals surface area (Å²) in [7, 11) is 0. The maximum atomic E-state index is 5.82. The Morgan fingerprint density at radius 2 is 1.55 bits per heavy atom. The van der Waals surface area contributed by atoms with Gasteiger partial charge in [0.2, 0.25) is 0 Å². The summed E-state index contributed by atoms with van der Waals surface area (Å²) in [5, 5.41) is 0. The van der Waals surface area contributed by atoms with Gasteiger partial charge in [0.25, 0.3) is 0 Å². The lowest BCUT2D eigenvalue weighted by molar-refractivity contribution is 0.142. The number of nitrogen functional groups attached to an aromatic ring is 1. The zero-order valence-corrected chi connectivity index (χ0v) is 11.5. The van der Waals surface area contributed by atoms with Gasteiger partial charge >= 0.3 is 6.01 Å². The normalized spacial score (nSPS) is 16.0. The number of ether oxygens (including phenoxy) is 1. The number of benzene rings is 1. The predicted octanol–water partition coefficient (Wildman–Crippen LogP) is 3.44. The van der Waals surface area contributed by atoms with Crippen LogP contribution in [-0.4, -0.2) is 16.1 Å². The monoisotopic (exact) mass is 269 g/mol. The molecule has 20 heavy (non-hydrogen) atoms. The highest BCUT2D eigenvalue weighted by Crippen LogP contribution is 2.23. The molecule has 1 saturated carbocycles. The Balaban J connectivity index is 1.69. The zero-order valence-electron chi connectivity index (χ0n) is 11.5. The van der Waals surface area contributed by atoms with Crippen LogP contribution in [0.5, 0.6) is 6.01 Å². The Morgan fingerprint density at radius 1 is 0.900 bits per heavy atom. The molecule has 0 atom stereocenters. The number of nitrogens with zero attached hydrogens (tertiary/aromatic N) is 2. The first-order valence-corrected chi connectivity index (χ1v) is 7.16. The molecule has 0 bridgehead atoms. The summed E-state index contributed by atoms with van der Waals surface area (Å²) in [5.41, 5.74) is 8.47. The van der Waals surface area contributed by atoms with E-state index in [0.29, 0.717) is 6.01 Å². The van der Waals surface area contributed by atoms with Gasteiger partial charge in [0, 0.05) is 23.6 Å². The van der Waals surface area contributed by atoms with Crippen molar-refractivity contribution in [2.75, 3.05) is 5.73 Å². The van der Waals surface area contributed by atoms with E-state index in [1.807, 2.05) is 24.3 Å². The van der Waals surface area contributed by atoms with Crippen molar-refractivity contribution >= 4 is 5.69 Å². The Morgan fingerprint density at radius 3 is 2.20 bits per heavy atom. The molecule has 1 aromatic carbocycles. The quantitative estimate of drug-likeness (QED) is 0.867. The standard InChI is InChI=1S/C16H19N3O/c17-14-8-6-12(7-9-14)13-10-18-16(19-11-13)20-15-4-2-1-3-5-15/h6-11,15H,1-5,17H2. The Hall–Kier alpha value is -2.10. The zero-order chi connectivity index (χ0) is 13.8. The smallest absolute Gasteiger partial charge is 0.316 e. The molecular weight excluding hydrogens is 250 g/mol. The fourth-order valence-electron chi connectivity index (χ4n) is 2.53. The van der Waals surface area contributed by atoms with Crippen LogP contribution in [0.3, 0.4) is 0 Å². The summed E-state index contributed by atoms with van der Waals surface area (Å²) >= 11 is 0. The topological polar surface area (TPSA) is 61.0 Å². The Bertz CT molecular complexity index is 545. The average molecular weight is 269 g/mol. The van der Waals surface area contributed by atoms with E-state index in [1.165, 1.54) is 19.3 Å². The van der Waals surface area contributed by atoms with Gasteiger partial charge in [0.1, 0.15) is 6.10 Å². The van der Waals surface area contributed by atoms with E-state index in [2.05, 4.69) is 9.97 Å². The first-order chi connectivity index (χ1) is 9.81. The minimum Gasteiger partial charge on any atom is -0.460 e. The molecule has 0 spiro atoms. The molecule has 1 aliphatic rings. The summed E-state index contributed by atoms with van der Waals surface area (Å²) < 4.78 is 5.82. The molecule has 1 aliphatic carbocycles. The molecule has 2 aromatic rings. The molecule has 104 valence electrons. The van der Waals surface area contributed by atoms with Gasteiger partial charge in [-0.2, -0.15) is 0 Å². The van der Waals surface area contributed by atoms with E-state index in [-0.39, 0.29) is 6.10 Å². The van der Waals surface area contributed by atoms with Crippen LogP contribution in [0.4, 0.5) is 5.69 Å². The molecule has 1 fully saturated rings. The van der Waals surface area contributed by atoms with Crippen LogP contribution in [-0.2, 0) is 0 Å². The van der Waals surface area contributed by atoms with Crippen LogP contribution < -0.4 is 10.5 Å². The number of rotatable bonds is 3. The molecule has 0 radical (unpaired) electrons. The molecule has 3 rings (SSSR count). The molecular formula is C16H19N3O. The minimum absolute atomic E-state index is 0.283. The second-order valence-electron chi connectivity index (χ2n) is 5.25. The second-order valence-corrected chi connectivity index (χ2v) is 5.25. The molecule has 1 heterocycles. The van der Waals surface area contributed by atoms with Gasteiger partial charge in [0.05, 0.1) is 0 Å². The van der Waals surface area contributed by atoms with Crippen LogP contribution in [0, 0.1) is 0 Å². The Kier molecular flexibility index (Phi) is 3.81. The first-order valence-electron chi connectivity index (χ1n) is 7.16. The van der Waals surface area contributed by atoms with Gasteiger partial charge < -0.3 is 10.5 Å². The Labute approximate surface area is 119 Å². The van der Waals surface area contributed by atoms with Crippen molar-refractivity contribution in [3.05, 3.63) is 36.7 Å². The van der Waals surface area contributed by atoms with E-state index >= 15 is 0 Å². The van der Waals surface area contributed by atoms with Gasteiger partial charge in [0.15, 0.2) is 0 Å². The van der Waals surface area contributed by atoms with Crippen molar-refractivity contribution in [3.8, 4) is 17.1 Å². The largest absolute Gasteiger partial charge is 0.460 e. The van der Waals surface area contributed by atoms with Crippen molar-refractivity contribution in [3.63, 3.8) is 0 Å². The number of hydrogen-bond acceptors (Lipinski definition) is 4. The third kappa shape index (κ3) is 3.07. The highest BCUT2D eigenvalue weighted by atomic mass is 16.5. The third-order valence-corrected chi connectivity index (χ3v) is 3.70. The SMILES string of the molecule is Nc1ccc(-c2cnc(OC3CCCCC3)nc2)cc1. The van der Waals surface area contributed by atoms with Crippen molar-refractivity contribution in [1.82, 2.24) is 9.97 Å². The molecule has 4 heteroatoms. The highest BCUT2D eigenvalue weighted by Gasteiger charge is 2.15. The predicted molar refractivity (Wildman–Crippen MR) is 79.4 cm³/mol. The third-order valence-electron chi connectivity index (χ3n) is 3.70. The fourth-order valence-corrected chi connectivity index (χ4v) is 2.53. The van der Waals surface area contributed by atoms with E-state index in [9.17, 15) is 0 Å². The summed E-state index contributed by atoms with van der Waals surface area (Å²) in [6, 6.07) is 8.17. The average Bonchev–Trinajstić information content (AvgIpc) is 2.50. The van der Waals surface area contributed by atoms with Gasteiger partial charge in [-0.25, -0.2) is 9.97 Å². The lowest BCUT2D eigenvalue weighted by atomic mass is 9.98. The molecule has 0 saturated heterocycles. The van der Waals surface area contributed by atoms with Gasteiger partial charge in [-0.1, -0.05) is 18.6 Å². The molecule has 0 amide bonds. The maximum absolute atomic E-state index is 5.82. The molecule has 2 N–H and O–H groups in total. The summed E-state index contributed by atoms with van der Waals surface area (Å²) in [5.74, 6) is 0. The number of anilines is 1. The molecule has 0 aliphatic heterocycles. The van der Waals surface area contributed by atoms with Crippen molar-refractivity contribution < 1.29 is 4.74 Å². The molecule has 1 aromatic heterocycles. The summed E-state index contributed by atoms with van der Waals surface area (Å²) in [4.78, 5) is 8.61. The van der Waals surface area contributed by atoms with Crippen LogP contribution >= 0.6 is 0 Å². The number of hydrogen-bond donors (Lipinski definition) is 1. The fraction of sp³-hybridized carbons (Fsp3) is 0.375. The lowest BCUT2D eigenvalue weighted by Gasteiger charge is -2.21. The van der Waals surface area contributed by atoms with Gasteiger partial charge in [-0.05, 0) is 43.4 Å². The van der Waals surface area contributed by atoms with Crippen LogP contribution in [0.1, 0.15) is 32.1 Å². The molecule has 4 nitrogen and oxygen atoms in total. The highest BCUT2D eigenvalue weighted by molar-refractivity contribution is 5.63. The summed E-state index contributed by atoms with van der Waals surface area (Å²) in [6.07, 6.45) is 9.92. The molecule has 0 unspecified atom stereocenters. The number of aromatic nitrogens is 2.